The van der Waals surface area contributed by atoms with Crippen molar-refractivity contribution in [3.05, 3.63) is 0 Å². The zero-order chi connectivity index (χ0) is 10.6. The number of carboxylic acids is 1. The van der Waals surface area contributed by atoms with Crippen LogP contribution in [0.4, 0.5) is 0 Å². The number of esters is 1. The first-order valence-electron chi connectivity index (χ1n) is 3.59. The van der Waals surface area contributed by atoms with E-state index in [1.807, 2.05) is 0 Å². The summed E-state index contributed by atoms with van der Waals surface area (Å²) in [5.74, 6) is -2.21. The fourth-order valence-corrected chi connectivity index (χ4v) is 1.05. The number of rotatable bonds is 3. The molecule has 0 fully saturated rings. The van der Waals surface area contributed by atoms with Gasteiger partial charge in [0.1, 0.15) is 0 Å². The summed E-state index contributed by atoms with van der Waals surface area (Å²) >= 11 is 0.708. The fourth-order valence-electron chi connectivity index (χ4n) is 0.570. The van der Waals surface area contributed by atoms with E-state index in [-0.39, 0.29) is 0 Å². The van der Waals surface area contributed by atoms with Gasteiger partial charge >= 0.3 is 84.8 Å². The van der Waals surface area contributed by atoms with E-state index in [0.717, 1.165) is 0 Å². The van der Waals surface area contributed by atoms with Crippen LogP contribution < -0.4 is 0 Å². The average Bonchev–Trinajstić information content (AvgIpc) is 1.82. The van der Waals surface area contributed by atoms with Crippen molar-refractivity contribution < 1.29 is 23.2 Å². The van der Waals surface area contributed by atoms with E-state index in [0.29, 0.717) is 17.2 Å². The van der Waals surface area contributed by atoms with Crippen molar-refractivity contribution in [2.24, 2.45) is 0 Å². The monoisotopic (exact) mass is 252 g/mol. The van der Waals surface area contributed by atoms with Gasteiger partial charge in [-0.3, -0.25) is 0 Å². The van der Waals surface area contributed by atoms with Crippen LogP contribution in [0.25, 0.3) is 0 Å². The minimum absolute atomic E-state index is 0.698. The predicted molar refractivity (Wildman–Crippen MR) is 46.9 cm³/mol. The first-order chi connectivity index (χ1) is 5.78. The molecular weight excluding hydrogens is 239 g/mol. The van der Waals surface area contributed by atoms with Gasteiger partial charge in [0.15, 0.2) is 0 Å². The van der Waals surface area contributed by atoms with E-state index < -0.39 is 23.6 Å². The van der Waals surface area contributed by atoms with Crippen molar-refractivity contribution in [2.75, 3.05) is 0 Å². The van der Waals surface area contributed by atoms with E-state index in [1.165, 1.54) is 0 Å². The first-order valence-corrected chi connectivity index (χ1v) is 4.58. The topological polar surface area (TPSA) is 72.8 Å². The molecule has 0 rings (SSSR count). The summed E-state index contributed by atoms with van der Waals surface area (Å²) in [5, 5.41) is 8.52. The van der Waals surface area contributed by atoms with E-state index in [2.05, 4.69) is 3.73 Å². The van der Waals surface area contributed by atoms with E-state index >= 15 is 0 Å². The van der Waals surface area contributed by atoms with Gasteiger partial charge in [-0.1, -0.05) is 0 Å². The van der Waals surface area contributed by atoms with E-state index in [9.17, 15) is 9.59 Å². The summed E-state index contributed by atoms with van der Waals surface area (Å²) in [7, 11) is 0. The van der Waals surface area contributed by atoms with Gasteiger partial charge in [-0.05, 0) is 0 Å². The zero-order valence-corrected chi connectivity index (χ0v) is 10.2. The molecule has 0 radical (unpaired) electrons. The molecule has 1 N–H and O–H groups in total. The molecule has 0 aromatic rings. The molecule has 5 nitrogen and oxygen atoms in total. The summed E-state index contributed by atoms with van der Waals surface area (Å²) in [6.45, 7) is 4.97. The van der Waals surface area contributed by atoms with Crippen molar-refractivity contribution in [3.8, 4) is 0 Å². The van der Waals surface area contributed by atoms with Crippen molar-refractivity contribution >= 4 is 29.1 Å². The molecule has 0 saturated carbocycles. The molecule has 0 aliphatic rings. The molecule has 0 aliphatic heterocycles. The summed E-state index contributed by atoms with van der Waals surface area (Å²) < 4.78 is 9.33. The molecule has 0 aromatic carbocycles. The second-order valence-electron chi connectivity index (χ2n) is 3.39. The van der Waals surface area contributed by atoms with Gasteiger partial charge in [0.2, 0.25) is 0 Å². The van der Waals surface area contributed by atoms with Crippen LogP contribution >= 0.6 is 0 Å². The van der Waals surface area contributed by atoms with Crippen molar-refractivity contribution in [1.29, 1.82) is 0 Å². The van der Waals surface area contributed by atoms with Crippen molar-refractivity contribution in [3.63, 3.8) is 0 Å². The fraction of sp³-hybridized carbons (Fsp3) is 0.714. The third kappa shape index (κ3) is 4.90. The zero-order valence-electron chi connectivity index (χ0n) is 7.73. The van der Waals surface area contributed by atoms with Crippen LogP contribution in [-0.2, 0) is 18.1 Å². The van der Waals surface area contributed by atoms with Gasteiger partial charge < -0.3 is 0 Å². The second-order valence-corrected chi connectivity index (χ2v) is 3.96. The SMILES string of the molecule is CC(C)(C)OC(=O)C(O[AsH2])C(=O)O. The molecular formula is C7H13AsO5. The van der Waals surface area contributed by atoms with E-state index in [4.69, 9.17) is 9.84 Å². The number of hydrogen-bond donors (Lipinski definition) is 1. The average molecular weight is 252 g/mol. The number of ether oxygens (including phenoxy) is 1. The van der Waals surface area contributed by atoms with Gasteiger partial charge in [0.05, 0.1) is 0 Å². The summed E-state index contributed by atoms with van der Waals surface area (Å²) in [4.78, 5) is 21.6. The second kappa shape index (κ2) is 4.63. The molecule has 2 atom stereocenters. The molecule has 0 spiro atoms. The Morgan fingerprint density at radius 3 is 2.08 bits per heavy atom. The Bertz CT molecular complexity index is 207. The Balaban J connectivity index is 4.32. The van der Waals surface area contributed by atoms with Crippen molar-refractivity contribution in [1.82, 2.24) is 0 Å². The van der Waals surface area contributed by atoms with Gasteiger partial charge in [0, 0.05) is 0 Å². The number of carbonyl (C=O) groups excluding carboxylic acids is 1. The molecule has 6 heteroatoms. The maximum atomic E-state index is 11.1. The Morgan fingerprint density at radius 1 is 1.38 bits per heavy atom. The molecule has 0 aromatic heterocycles. The number of carboxylic acid groups (broad SMARTS) is 1. The third-order valence-corrected chi connectivity index (χ3v) is 1.55. The molecule has 76 valence electrons. The maximum absolute atomic E-state index is 11.1. The van der Waals surface area contributed by atoms with Gasteiger partial charge in [-0.15, -0.1) is 0 Å². The Hall–Kier alpha value is -0.542. The van der Waals surface area contributed by atoms with Gasteiger partial charge in [0.25, 0.3) is 0 Å². The van der Waals surface area contributed by atoms with Crippen LogP contribution in [0.2, 0.25) is 0 Å². The van der Waals surface area contributed by atoms with Crippen LogP contribution in [0.5, 0.6) is 0 Å². The van der Waals surface area contributed by atoms with Gasteiger partial charge in [-0.2, -0.15) is 0 Å². The van der Waals surface area contributed by atoms with Crippen LogP contribution in [0.15, 0.2) is 0 Å². The molecule has 0 amide bonds. The van der Waals surface area contributed by atoms with Gasteiger partial charge in [-0.25, -0.2) is 0 Å². The summed E-state index contributed by atoms with van der Waals surface area (Å²) in [5.41, 5.74) is -0.698. The number of aliphatic carboxylic acids is 1. The van der Waals surface area contributed by atoms with Crippen LogP contribution in [-0.4, -0.2) is 45.9 Å². The molecule has 0 aliphatic carbocycles. The Labute approximate surface area is 85.3 Å². The third-order valence-electron chi connectivity index (χ3n) is 0.981. The van der Waals surface area contributed by atoms with Crippen LogP contribution in [0.3, 0.4) is 0 Å². The normalized spacial score (nSPS) is 13.5. The van der Waals surface area contributed by atoms with Crippen LogP contribution in [0, 0.1) is 0 Å². The summed E-state index contributed by atoms with van der Waals surface area (Å²) in [6, 6.07) is 0. The Morgan fingerprint density at radius 2 is 1.85 bits per heavy atom. The van der Waals surface area contributed by atoms with E-state index in [1.54, 1.807) is 20.8 Å². The van der Waals surface area contributed by atoms with Crippen LogP contribution in [0.1, 0.15) is 20.8 Å². The molecule has 0 bridgehead atoms. The molecule has 2 unspecified atom stereocenters. The number of carbonyl (C=O) groups is 2. The Kier molecular flexibility index (Phi) is 4.43. The predicted octanol–water partition coefficient (Wildman–Crippen LogP) is -0.654. The minimum atomic E-state index is -1.51. The molecule has 13 heavy (non-hydrogen) atoms. The summed E-state index contributed by atoms with van der Waals surface area (Å²) in [6.07, 6.45) is -1.51. The first kappa shape index (κ1) is 12.5. The molecule has 0 heterocycles. The van der Waals surface area contributed by atoms with Crippen molar-refractivity contribution in [2.45, 2.75) is 32.5 Å². The molecule has 0 saturated heterocycles. The number of hydrogen-bond acceptors (Lipinski definition) is 4. The standard InChI is InChI=1S/C7H13AsO5/c1-7(2,3)12-6(11)4(13-8)5(9)10/h4H,8H2,1-3H3,(H,9,10). The quantitative estimate of drug-likeness (QED) is 0.410.